The standard InChI is InChI=1S/C11H21N3/c1-5-6-12-10(3)11(4)14-8-9(2)7-13-14/h7-8,10-12H,5-6H2,1-4H3. The van der Waals surface area contributed by atoms with Crippen molar-refractivity contribution >= 4 is 0 Å². The number of rotatable bonds is 5. The molecule has 0 radical (unpaired) electrons. The Morgan fingerprint density at radius 1 is 1.50 bits per heavy atom. The molecule has 1 rings (SSSR count). The topological polar surface area (TPSA) is 29.9 Å². The van der Waals surface area contributed by atoms with Crippen LogP contribution in [0.15, 0.2) is 12.4 Å². The van der Waals surface area contributed by atoms with Crippen molar-refractivity contribution in [2.75, 3.05) is 6.54 Å². The maximum atomic E-state index is 4.32. The molecular formula is C11H21N3. The summed E-state index contributed by atoms with van der Waals surface area (Å²) in [4.78, 5) is 0. The Labute approximate surface area is 86.5 Å². The van der Waals surface area contributed by atoms with Crippen molar-refractivity contribution in [1.82, 2.24) is 15.1 Å². The number of hydrogen-bond acceptors (Lipinski definition) is 2. The maximum absolute atomic E-state index is 4.32. The first-order chi connectivity index (χ1) is 6.65. The van der Waals surface area contributed by atoms with Gasteiger partial charge in [0.2, 0.25) is 0 Å². The van der Waals surface area contributed by atoms with Crippen LogP contribution in [0.25, 0.3) is 0 Å². The highest BCUT2D eigenvalue weighted by Gasteiger charge is 2.13. The highest BCUT2D eigenvalue weighted by Crippen LogP contribution is 2.10. The molecule has 1 aromatic rings. The smallest absolute Gasteiger partial charge is 0.0641 e. The van der Waals surface area contributed by atoms with Gasteiger partial charge in [-0.3, -0.25) is 4.68 Å². The average Bonchev–Trinajstić information content (AvgIpc) is 2.60. The second-order valence-electron chi connectivity index (χ2n) is 3.98. The molecule has 2 unspecified atom stereocenters. The Kier molecular flexibility index (Phi) is 4.14. The molecule has 0 saturated heterocycles. The molecule has 0 aliphatic rings. The van der Waals surface area contributed by atoms with E-state index in [1.54, 1.807) is 0 Å². The highest BCUT2D eigenvalue weighted by molar-refractivity contribution is 5.00. The molecule has 1 N–H and O–H groups in total. The minimum atomic E-state index is 0.412. The predicted molar refractivity (Wildman–Crippen MR) is 59.4 cm³/mol. The molecule has 1 heterocycles. The van der Waals surface area contributed by atoms with Crippen LogP contribution in [0.2, 0.25) is 0 Å². The summed E-state index contributed by atoms with van der Waals surface area (Å²) in [5.41, 5.74) is 1.22. The Bertz CT molecular complexity index is 267. The zero-order chi connectivity index (χ0) is 10.6. The quantitative estimate of drug-likeness (QED) is 0.780. The summed E-state index contributed by atoms with van der Waals surface area (Å²) in [5.74, 6) is 0. The molecular weight excluding hydrogens is 174 g/mol. The number of nitrogens with zero attached hydrogens (tertiary/aromatic N) is 2. The largest absolute Gasteiger partial charge is 0.312 e. The normalized spacial score (nSPS) is 15.4. The van der Waals surface area contributed by atoms with Gasteiger partial charge in [-0.05, 0) is 39.3 Å². The van der Waals surface area contributed by atoms with Gasteiger partial charge < -0.3 is 5.32 Å². The summed E-state index contributed by atoms with van der Waals surface area (Å²) in [6.45, 7) is 9.73. The average molecular weight is 195 g/mol. The third-order valence-corrected chi connectivity index (χ3v) is 2.59. The summed E-state index contributed by atoms with van der Waals surface area (Å²) in [5, 5.41) is 7.80. The van der Waals surface area contributed by atoms with E-state index in [1.807, 2.05) is 10.9 Å². The van der Waals surface area contributed by atoms with Crippen molar-refractivity contribution in [2.24, 2.45) is 0 Å². The fourth-order valence-electron chi connectivity index (χ4n) is 1.43. The van der Waals surface area contributed by atoms with E-state index in [0.717, 1.165) is 6.54 Å². The Morgan fingerprint density at radius 3 is 2.71 bits per heavy atom. The number of nitrogens with one attached hydrogen (secondary N) is 1. The molecule has 0 fully saturated rings. The minimum absolute atomic E-state index is 0.412. The first kappa shape index (κ1) is 11.2. The van der Waals surface area contributed by atoms with Gasteiger partial charge in [0.15, 0.2) is 0 Å². The first-order valence-electron chi connectivity index (χ1n) is 5.39. The summed E-state index contributed by atoms with van der Waals surface area (Å²) in [6, 6.07) is 0.879. The van der Waals surface area contributed by atoms with Crippen molar-refractivity contribution < 1.29 is 0 Å². The molecule has 0 aliphatic carbocycles. The van der Waals surface area contributed by atoms with Gasteiger partial charge in [-0.2, -0.15) is 5.10 Å². The van der Waals surface area contributed by atoms with Crippen molar-refractivity contribution in [1.29, 1.82) is 0 Å². The Balaban J connectivity index is 2.51. The second kappa shape index (κ2) is 5.15. The van der Waals surface area contributed by atoms with Crippen molar-refractivity contribution in [3.63, 3.8) is 0 Å². The summed E-state index contributed by atoms with van der Waals surface area (Å²) in [7, 11) is 0. The van der Waals surface area contributed by atoms with Gasteiger partial charge in [0, 0.05) is 12.2 Å². The summed E-state index contributed by atoms with van der Waals surface area (Å²) >= 11 is 0. The zero-order valence-electron chi connectivity index (χ0n) is 9.62. The molecule has 3 heteroatoms. The summed E-state index contributed by atoms with van der Waals surface area (Å²) in [6.07, 6.45) is 5.17. The first-order valence-corrected chi connectivity index (χ1v) is 5.39. The van der Waals surface area contributed by atoms with E-state index in [9.17, 15) is 0 Å². The van der Waals surface area contributed by atoms with Crippen LogP contribution in [-0.4, -0.2) is 22.4 Å². The van der Waals surface area contributed by atoms with Crippen LogP contribution in [0.3, 0.4) is 0 Å². The van der Waals surface area contributed by atoms with E-state index in [-0.39, 0.29) is 0 Å². The summed E-state index contributed by atoms with van der Waals surface area (Å²) < 4.78 is 2.03. The van der Waals surface area contributed by atoms with E-state index in [2.05, 4.69) is 44.3 Å². The van der Waals surface area contributed by atoms with Gasteiger partial charge in [-0.15, -0.1) is 0 Å². The molecule has 14 heavy (non-hydrogen) atoms. The molecule has 0 aliphatic heterocycles. The van der Waals surface area contributed by atoms with Gasteiger partial charge in [-0.1, -0.05) is 6.92 Å². The molecule has 1 aromatic heterocycles. The third kappa shape index (κ3) is 2.84. The number of aromatic nitrogens is 2. The van der Waals surface area contributed by atoms with E-state index >= 15 is 0 Å². The van der Waals surface area contributed by atoms with E-state index in [1.165, 1.54) is 12.0 Å². The lowest BCUT2D eigenvalue weighted by molar-refractivity contribution is 0.367. The number of hydrogen-bond donors (Lipinski definition) is 1. The van der Waals surface area contributed by atoms with E-state index in [4.69, 9.17) is 0 Å². The second-order valence-corrected chi connectivity index (χ2v) is 3.98. The van der Waals surface area contributed by atoms with Gasteiger partial charge in [-0.25, -0.2) is 0 Å². The Morgan fingerprint density at radius 2 is 2.21 bits per heavy atom. The molecule has 80 valence electrons. The third-order valence-electron chi connectivity index (χ3n) is 2.59. The van der Waals surface area contributed by atoms with Gasteiger partial charge in [0.1, 0.15) is 0 Å². The van der Waals surface area contributed by atoms with Gasteiger partial charge in [0.05, 0.1) is 12.2 Å². The lowest BCUT2D eigenvalue weighted by Gasteiger charge is -2.21. The highest BCUT2D eigenvalue weighted by atomic mass is 15.3. The maximum Gasteiger partial charge on any atom is 0.0641 e. The molecule has 0 aromatic carbocycles. The molecule has 0 bridgehead atoms. The fraction of sp³-hybridized carbons (Fsp3) is 0.727. The molecule has 0 amide bonds. The van der Waals surface area contributed by atoms with Gasteiger partial charge in [0.25, 0.3) is 0 Å². The lowest BCUT2D eigenvalue weighted by atomic mass is 10.1. The molecule has 2 atom stereocenters. The van der Waals surface area contributed by atoms with Crippen LogP contribution in [0.4, 0.5) is 0 Å². The fourth-order valence-corrected chi connectivity index (χ4v) is 1.43. The van der Waals surface area contributed by atoms with Crippen LogP contribution in [-0.2, 0) is 0 Å². The monoisotopic (exact) mass is 195 g/mol. The molecule has 0 spiro atoms. The van der Waals surface area contributed by atoms with Crippen molar-refractivity contribution in [3.05, 3.63) is 18.0 Å². The van der Waals surface area contributed by atoms with Crippen molar-refractivity contribution in [3.8, 4) is 0 Å². The van der Waals surface area contributed by atoms with Crippen LogP contribution in [0, 0.1) is 6.92 Å². The van der Waals surface area contributed by atoms with E-state index in [0.29, 0.717) is 12.1 Å². The van der Waals surface area contributed by atoms with Gasteiger partial charge >= 0.3 is 0 Å². The lowest BCUT2D eigenvalue weighted by Crippen LogP contribution is -2.34. The van der Waals surface area contributed by atoms with Crippen LogP contribution in [0.5, 0.6) is 0 Å². The zero-order valence-corrected chi connectivity index (χ0v) is 9.62. The minimum Gasteiger partial charge on any atom is -0.312 e. The van der Waals surface area contributed by atoms with Crippen LogP contribution < -0.4 is 5.32 Å². The van der Waals surface area contributed by atoms with Crippen LogP contribution in [0.1, 0.15) is 38.8 Å². The van der Waals surface area contributed by atoms with E-state index < -0.39 is 0 Å². The SMILES string of the molecule is CCCNC(C)C(C)n1cc(C)cn1. The molecule has 3 nitrogen and oxygen atoms in total. The Hall–Kier alpha value is -0.830. The van der Waals surface area contributed by atoms with Crippen molar-refractivity contribution in [2.45, 2.75) is 46.2 Å². The predicted octanol–water partition coefficient (Wildman–Crippen LogP) is 2.14. The molecule has 0 saturated carbocycles. The van der Waals surface area contributed by atoms with Crippen LogP contribution >= 0.6 is 0 Å². The number of aryl methyl sites for hydroxylation is 1.